The van der Waals surface area contributed by atoms with E-state index >= 15 is 0 Å². The van der Waals surface area contributed by atoms with Crippen LogP contribution < -0.4 is 0 Å². The average molecular weight is 220 g/mol. The molecule has 0 unspecified atom stereocenters. The van der Waals surface area contributed by atoms with Crippen LogP contribution in [0.2, 0.25) is 0 Å². The molecule has 80 valence electrons. The predicted octanol–water partition coefficient (Wildman–Crippen LogP) is 4.13. The van der Waals surface area contributed by atoms with Crippen LogP contribution >= 0.6 is 11.3 Å². The summed E-state index contributed by atoms with van der Waals surface area (Å²) in [6.45, 7) is 2.01. The maximum absolute atomic E-state index is 12.0. The molecule has 1 aliphatic carbocycles. The second-order valence-corrected chi connectivity index (χ2v) is 5.06. The van der Waals surface area contributed by atoms with Crippen LogP contribution in [0.1, 0.15) is 47.3 Å². The molecule has 0 saturated heterocycles. The van der Waals surface area contributed by atoms with E-state index in [9.17, 15) is 4.79 Å². The molecule has 0 spiro atoms. The van der Waals surface area contributed by atoms with Gasteiger partial charge in [0.1, 0.15) is 0 Å². The van der Waals surface area contributed by atoms with Gasteiger partial charge < -0.3 is 0 Å². The lowest BCUT2D eigenvalue weighted by Crippen LogP contribution is -2.02. The molecule has 1 nitrogen and oxygen atoms in total. The van der Waals surface area contributed by atoms with E-state index in [0.717, 1.165) is 23.3 Å². The monoisotopic (exact) mass is 220 g/mol. The highest BCUT2D eigenvalue weighted by Crippen LogP contribution is 2.24. The van der Waals surface area contributed by atoms with Crippen LogP contribution in [0.5, 0.6) is 0 Å². The fourth-order valence-corrected chi connectivity index (χ4v) is 2.88. The number of Topliss-reactive ketones (excluding diaryl/α,β-unsaturated/α-hetero) is 1. The molecule has 0 radical (unpaired) electrons. The molecule has 2 heteroatoms. The van der Waals surface area contributed by atoms with E-state index in [4.69, 9.17) is 0 Å². The van der Waals surface area contributed by atoms with Gasteiger partial charge in [0.15, 0.2) is 5.78 Å². The molecule has 1 aliphatic rings. The van der Waals surface area contributed by atoms with E-state index in [2.05, 4.69) is 6.08 Å². The predicted molar refractivity (Wildman–Crippen MR) is 64.6 cm³/mol. The third kappa shape index (κ3) is 2.57. The van der Waals surface area contributed by atoms with Crippen LogP contribution in [0, 0.1) is 6.92 Å². The summed E-state index contributed by atoms with van der Waals surface area (Å²) in [6.07, 6.45) is 7.71. The minimum atomic E-state index is 0.302. The smallest absolute Gasteiger partial charge is 0.177 e. The van der Waals surface area contributed by atoms with Gasteiger partial charge in [0.05, 0.1) is 4.88 Å². The molecule has 0 amide bonds. The van der Waals surface area contributed by atoms with Crippen molar-refractivity contribution in [1.29, 1.82) is 0 Å². The van der Waals surface area contributed by atoms with E-state index in [-0.39, 0.29) is 0 Å². The molecule has 0 aromatic carbocycles. The van der Waals surface area contributed by atoms with Crippen molar-refractivity contribution in [2.24, 2.45) is 0 Å². The molecule has 1 aromatic heterocycles. The first-order valence-electron chi connectivity index (χ1n) is 5.52. The largest absolute Gasteiger partial charge is 0.293 e. The topological polar surface area (TPSA) is 17.1 Å². The zero-order valence-electron chi connectivity index (χ0n) is 9.08. The molecular weight excluding hydrogens is 204 g/mol. The lowest BCUT2D eigenvalue weighted by atomic mass is 9.95. The third-order valence-corrected chi connectivity index (χ3v) is 3.95. The number of carbonyl (C=O) groups excluding carboxylic acids is 1. The summed E-state index contributed by atoms with van der Waals surface area (Å²) in [7, 11) is 0. The maximum atomic E-state index is 12.0. The van der Waals surface area contributed by atoms with Gasteiger partial charge in [0.25, 0.3) is 0 Å². The van der Waals surface area contributed by atoms with Gasteiger partial charge in [-0.15, -0.1) is 11.3 Å². The molecule has 0 bridgehead atoms. The van der Waals surface area contributed by atoms with Crippen LogP contribution in [-0.4, -0.2) is 5.78 Å². The summed E-state index contributed by atoms with van der Waals surface area (Å²) < 4.78 is 0. The number of carbonyl (C=O) groups is 1. The molecule has 2 rings (SSSR count). The Balaban J connectivity index is 2.04. The van der Waals surface area contributed by atoms with Crippen molar-refractivity contribution in [1.82, 2.24) is 0 Å². The van der Waals surface area contributed by atoms with Crippen molar-refractivity contribution in [3.8, 4) is 0 Å². The van der Waals surface area contributed by atoms with E-state index < -0.39 is 0 Å². The molecule has 0 N–H and O–H groups in total. The van der Waals surface area contributed by atoms with Crippen LogP contribution in [-0.2, 0) is 0 Å². The van der Waals surface area contributed by atoms with Crippen molar-refractivity contribution in [2.45, 2.75) is 39.0 Å². The normalized spacial score (nSPS) is 16.2. The number of aryl methyl sites for hydroxylation is 1. The van der Waals surface area contributed by atoms with Crippen molar-refractivity contribution in [2.75, 3.05) is 0 Å². The zero-order chi connectivity index (χ0) is 10.7. The van der Waals surface area contributed by atoms with Crippen LogP contribution in [0.4, 0.5) is 0 Å². The first-order valence-corrected chi connectivity index (χ1v) is 6.40. The Morgan fingerprint density at radius 1 is 1.47 bits per heavy atom. The van der Waals surface area contributed by atoms with Crippen LogP contribution in [0.25, 0.3) is 0 Å². The van der Waals surface area contributed by atoms with Gasteiger partial charge in [-0.25, -0.2) is 0 Å². The highest BCUT2D eigenvalue weighted by Gasteiger charge is 2.13. The fraction of sp³-hybridized carbons (Fsp3) is 0.462. The van der Waals surface area contributed by atoms with Gasteiger partial charge in [0, 0.05) is 6.42 Å². The van der Waals surface area contributed by atoms with Crippen molar-refractivity contribution < 1.29 is 4.79 Å². The van der Waals surface area contributed by atoms with E-state index in [0.29, 0.717) is 12.2 Å². The highest BCUT2D eigenvalue weighted by molar-refractivity contribution is 7.12. The summed E-state index contributed by atoms with van der Waals surface area (Å²) in [5.41, 5.74) is 2.47. The molecule has 15 heavy (non-hydrogen) atoms. The van der Waals surface area contributed by atoms with Crippen molar-refractivity contribution >= 4 is 17.1 Å². The van der Waals surface area contributed by atoms with Gasteiger partial charge in [-0.3, -0.25) is 4.79 Å². The Hall–Kier alpha value is -0.890. The molecule has 0 aliphatic heterocycles. The second kappa shape index (κ2) is 4.75. The number of allylic oxidation sites excluding steroid dienone is 2. The van der Waals surface area contributed by atoms with Crippen molar-refractivity contribution in [3.63, 3.8) is 0 Å². The SMILES string of the molecule is Cc1ccsc1C(=O)CC1=CCCCC1. The Kier molecular flexibility index (Phi) is 3.37. The molecule has 0 atom stereocenters. The lowest BCUT2D eigenvalue weighted by Gasteiger charge is -2.11. The number of hydrogen-bond donors (Lipinski definition) is 0. The minimum absolute atomic E-state index is 0.302. The Bertz CT molecular complexity index is 387. The number of ketones is 1. The highest BCUT2D eigenvalue weighted by atomic mass is 32.1. The van der Waals surface area contributed by atoms with E-state index in [1.165, 1.54) is 18.4 Å². The molecule has 0 fully saturated rings. The lowest BCUT2D eigenvalue weighted by molar-refractivity contribution is 0.0995. The molecular formula is C13H16OS. The van der Waals surface area contributed by atoms with E-state index in [1.807, 2.05) is 18.4 Å². The number of thiophene rings is 1. The van der Waals surface area contributed by atoms with E-state index in [1.54, 1.807) is 11.3 Å². The summed E-state index contributed by atoms with van der Waals surface area (Å²) in [5, 5.41) is 2.00. The van der Waals surface area contributed by atoms with Gasteiger partial charge in [-0.2, -0.15) is 0 Å². The van der Waals surface area contributed by atoms with Crippen molar-refractivity contribution in [3.05, 3.63) is 33.5 Å². The summed E-state index contributed by atoms with van der Waals surface area (Å²) in [6, 6.07) is 2.02. The molecule has 0 saturated carbocycles. The van der Waals surface area contributed by atoms with Gasteiger partial charge in [-0.05, 0) is 49.6 Å². The average Bonchev–Trinajstić information content (AvgIpc) is 2.66. The third-order valence-electron chi connectivity index (χ3n) is 2.89. The standard InChI is InChI=1S/C13H16OS/c1-10-7-8-15-13(10)12(14)9-11-5-3-2-4-6-11/h5,7-8H,2-4,6,9H2,1H3. The van der Waals surface area contributed by atoms with Gasteiger partial charge in [0.2, 0.25) is 0 Å². The molecule has 1 aromatic rings. The van der Waals surface area contributed by atoms with Crippen LogP contribution in [0.3, 0.4) is 0 Å². The Morgan fingerprint density at radius 3 is 2.93 bits per heavy atom. The summed E-state index contributed by atoms with van der Waals surface area (Å²) in [4.78, 5) is 12.9. The quantitative estimate of drug-likeness (QED) is 0.553. The minimum Gasteiger partial charge on any atom is -0.293 e. The second-order valence-electron chi connectivity index (χ2n) is 4.14. The van der Waals surface area contributed by atoms with Gasteiger partial charge in [-0.1, -0.05) is 11.6 Å². The van der Waals surface area contributed by atoms with Gasteiger partial charge >= 0.3 is 0 Å². The summed E-state index contributed by atoms with van der Waals surface area (Å²) in [5.74, 6) is 0.302. The van der Waals surface area contributed by atoms with Crippen LogP contribution in [0.15, 0.2) is 23.1 Å². The fourth-order valence-electron chi connectivity index (χ4n) is 2.01. The number of rotatable bonds is 3. The maximum Gasteiger partial charge on any atom is 0.177 e. The summed E-state index contributed by atoms with van der Waals surface area (Å²) >= 11 is 1.57. The first kappa shape index (κ1) is 10.6. The zero-order valence-corrected chi connectivity index (χ0v) is 9.90. The molecule has 1 heterocycles. The Labute approximate surface area is 94.8 Å². The first-order chi connectivity index (χ1) is 7.27. The Morgan fingerprint density at radius 2 is 2.33 bits per heavy atom. The number of hydrogen-bond acceptors (Lipinski definition) is 2.